The van der Waals surface area contributed by atoms with Crippen LogP contribution in [0.25, 0.3) is 0 Å². The molecule has 1 aromatic carbocycles. The van der Waals surface area contributed by atoms with E-state index in [1.165, 1.54) is 18.2 Å². The summed E-state index contributed by atoms with van der Waals surface area (Å²) in [5.74, 6) is -0.160. The second-order valence-corrected chi connectivity index (χ2v) is 8.55. The maximum Gasteiger partial charge on any atom is 0.256 e. The molecule has 1 spiro atoms. The van der Waals surface area contributed by atoms with Crippen LogP contribution in [0.15, 0.2) is 24.3 Å². The van der Waals surface area contributed by atoms with Gasteiger partial charge < -0.3 is 15.1 Å². The molecule has 1 aliphatic carbocycles. The number of nitrogens with one attached hydrogen (secondary N) is 2. The third-order valence-corrected chi connectivity index (χ3v) is 6.86. The average Bonchev–Trinajstić information content (AvgIpc) is 3.36. The molecule has 8 heteroatoms. The van der Waals surface area contributed by atoms with Crippen LogP contribution in [-0.4, -0.2) is 51.4 Å². The molecule has 7 nitrogen and oxygen atoms in total. The van der Waals surface area contributed by atoms with Gasteiger partial charge in [-0.1, -0.05) is 13.0 Å². The van der Waals surface area contributed by atoms with E-state index in [4.69, 9.17) is 0 Å². The summed E-state index contributed by atoms with van der Waals surface area (Å²) in [5.41, 5.74) is 1.76. The summed E-state index contributed by atoms with van der Waals surface area (Å²) in [6, 6.07) is 5.56. The van der Waals surface area contributed by atoms with Gasteiger partial charge in [-0.3, -0.25) is 14.7 Å². The Bertz CT molecular complexity index is 991. The van der Waals surface area contributed by atoms with Crippen molar-refractivity contribution in [1.29, 1.82) is 0 Å². The van der Waals surface area contributed by atoms with E-state index < -0.39 is 11.7 Å². The van der Waals surface area contributed by atoms with Crippen LogP contribution in [0.4, 0.5) is 10.2 Å². The van der Waals surface area contributed by atoms with Gasteiger partial charge in [0, 0.05) is 17.0 Å². The summed E-state index contributed by atoms with van der Waals surface area (Å²) < 4.78 is 13.5. The van der Waals surface area contributed by atoms with E-state index in [9.17, 15) is 14.0 Å². The van der Waals surface area contributed by atoms with Crippen molar-refractivity contribution < 1.29 is 14.0 Å². The minimum absolute atomic E-state index is 0.0626. The number of amides is 2. The number of hydrogen-bond acceptors (Lipinski definition) is 4. The quantitative estimate of drug-likeness (QED) is 0.811. The van der Waals surface area contributed by atoms with Gasteiger partial charge in [0.2, 0.25) is 5.91 Å². The molecule has 1 saturated carbocycles. The Morgan fingerprint density at radius 1 is 1.30 bits per heavy atom. The van der Waals surface area contributed by atoms with E-state index in [2.05, 4.69) is 27.3 Å². The van der Waals surface area contributed by atoms with Crippen LogP contribution in [-0.2, 0) is 16.9 Å². The van der Waals surface area contributed by atoms with Crippen molar-refractivity contribution in [3.63, 3.8) is 0 Å². The van der Waals surface area contributed by atoms with Gasteiger partial charge in [0.1, 0.15) is 5.82 Å². The molecule has 2 aliphatic heterocycles. The highest BCUT2D eigenvalue weighted by molar-refractivity contribution is 6.04. The topological polar surface area (TPSA) is 81.3 Å². The fourth-order valence-electron chi connectivity index (χ4n) is 4.90. The smallest absolute Gasteiger partial charge is 0.256 e. The number of benzene rings is 1. The van der Waals surface area contributed by atoms with E-state index >= 15 is 0 Å². The highest BCUT2D eigenvalue weighted by Gasteiger charge is 2.59. The number of aromatic nitrogens is 2. The van der Waals surface area contributed by atoms with Crippen LogP contribution < -0.4 is 5.32 Å². The lowest BCUT2D eigenvalue weighted by molar-refractivity contribution is -0.140. The fourth-order valence-corrected chi connectivity index (χ4v) is 4.90. The van der Waals surface area contributed by atoms with Crippen LogP contribution in [0.5, 0.6) is 0 Å². The summed E-state index contributed by atoms with van der Waals surface area (Å²) in [7, 11) is 0. The largest absolute Gasteiger partial charge is 0.327 e. The number of hydrogen-bond donors (Lipinski definition) is 2. The van der Waals surface area contributed by atoms with Crippen molar-refractivity contribution in [1.82, 2.24) is 20.0 Å². The Morgan fingerprint density at radius 2 is 2.07 bits per heavy atom. The lowest BCUT2D eigenvalue weighted by Crippen LogP contribution is -2.44. The molecular weight excluding hydrogens is 385 g/mol. The monoisotopic (exact) mass is 411 g/mol. The van der Waals surface area contributed by atoms with Crippen molar-refractivity contribution in [3.05, 3.63) is 46.9 Å². The molecule has 0 unspecified atom stereocenters. The maximum absolute atomic E-state index is 13.5. The molecular formula is C22H26FN5O2. The summed E-state index contributed by atoms with van der Waals surface area (Å²) >= 11 is 0. The fraction of sp³-hybridized carbons (Fsp3) is 0.500. The lowest BCUT2D eigenvalue weighted by Gasteiger charge is -2.34. The zero-order chi connectivity index (χ0) is 20.9. The molecule has 0 bridgehead atoms. The predicted octanol–water partition coefficient (Wildman–Crippen LogP) is 2.86. The van der Waals surface area contributed by atoms with E-state index in [1.807, 2.05) is 4.90 Å². The highest BCUT2D eigenvalue weighted by Crippen LogP contribution is 2.57. The Balaban J connectivity index is 1.33. The first-order valence-corrected chi connectivity index (χ1v) is 10.7. The molecule has 0 radical (unpaired) electrons. The number of fused-ring (bicyclic) bond motifs is 2. The first-order valence-electron chi connectivity index (χ1n) is 10.7. The first-order chi connectivity index (χ1) is 14.5. The van der Waals surface area contributed by atoms with Gasteiger partial charge in [0.15, 0.2) is 5.82 Å². The van der Waals surface area contributed by atoms with Crippen LogP contribution >= 0.6 is 0 Å². The summed E-state index contributed by atoms with van der Waals surface area (Å²) in [5, 5.41) is 10.2. The van der Waals surface area contributed by atoms with Crippen molar-refractivity contribution in [2.24, 2.45) is 5.92 Å². The van der Waals surface area contributed by atoms with E-state index in [-0.39, 0.29) is 22.9 Å². The van der Waals surface area contributed by atoms with E-state index in [1.54, 1.807) is 6.07 Å². The van der Waals surface area contributed by atoms with Crippen molar-refractivity contribution in [2.75, 3.05) is 25.0 Å². The number of aromatic amines is 1. The van der Waals surface area contributed by atoms with E-state index in [0.29, 0.717) is 12.4 Å². The number of anilines is 1. The second-order valence-electron chi connectivity index (χ2n) is 8.55. The molecule has 158 valence electrons. The minimum atomic E-state index is -0.460. The molecule has 3 heterocycles. The number of likely N-dealkylation sites (tertiary alicyclic amines) is 1. The molecule has 2 amide bonds. The number of carbonyl (C=O) groups is 2. The number of carbonyl (C=O) groups excluding carboxylic acids is 2. The predicted molar refractivity (Wildman–Crippen MR) is 109 cm³/mol. The molecule has 2 N–H and O–H groups in total. The second kappa shape index (κ2) is 7.19. The third kappa shape index (κ3) is 3.10. The first kappa shape index (κ1) is 19.2. The normalized spacial score (nSPS) is 20.4. The Labute approximate surface area is 174 Å². The van der Waals surface area contributed by atoms with Crippen LogP contribution in [0.3, 0.4) is 0 Å². The lowest BCUT2D eigenvalue weighted by atomic mass is 9.94. The van der Waals surface area contributed by atoms with Crippen LogP contribution in [0, 0.1) is 11.7 Å². The van der Waals surface area contributed by atoms with Gasteiger partial charge >= 0.3 is 0 Å². The summed E-state index contributed by atoms with van der Waals surface area (Å²) in [4.78, 5) is 30.3. The van der Waals surface area contributed by atoms with Gasteiger partial charge in [0.05, 0.1) is 17.8 Å². The Kier molecular flexibility index (Phi) is 4.61. The molecule has 3 aliphatic rings. The molecule has 2 fully saturated rings. The number of H-pyrrole nitrogens is 1. The maximum atomic E-state index is 13.5. The molecule has 0 atom stereocenters. The average molecular weight is 411 g/mol. The molecule has 1 saturated heterocycles. The Hall–Kier alpha value is -2.74. The third-order valence-electron chi connectivity index (χ3n) is 6.86. The summed E-state index contributed by atoms with van der Waals surface area (Å²) in [6.45, 7) is 5.57. The number of nitrogens with zero attached hydrogens (tertiary/aromatic N) is 3. The van der Waals surface area contributed by atoms with Crippen LogP contribution in [0.2, 0.25) is 0 Å². The van der Waals surface area contributed by atoms with Gasteiger partial charge in [-0.25, -0.2) is 4.39 Å². The number of piperidine rings is 1. The summed E-state index contributed by atoms with van der Waals surface area (Å²) in [6.07, 6.45) is 3.63. The van der Waals surface area contributed by atoms with Crippen LogP contribution in [0.1, 0.15) is 54.2 Å². The van der Waals surface area contributed by atoms with Gasteiger partial charge in [-0.05, 0) is 63.5 Å². The van der Waals surface area contributed by atoms with Crippen molar-refractivity contribution in [2.45, 2.75) is 44.7 Å². The standard InChI is InChI=1S/C22H26FN5O2/c1-2-27-10-6-14(7-11-27)21(30)28-13-17-18(22(28)8-9-22)25-26-19(17)24-20(29)15-4-3-5-16(23)12-15/h3-5,12,14H,2,6-11,13H2,1H3,(H2,24,25,26,29). The van der Waals surface area contributed by atoms with E-state index in [0.717, 1.165) is 56.6 Å². The molecule has 2 aromatic rings. The molecule has 30 heavy (non-hydrogen) atoms. The Morgan fingerprint density at radius 3 is 2.73 bits per heavy atom. The highest BCUT2D eigenvalue weighted by atomic mass is 19.1. The van der Waals surface area contributed by atoms with Gasteiger partial charge in [-0.2, -0.15) is 5.10 Å². The van der Waals surface area contributed by atoms with Gasteiger partial charge in [-0.15, -0.1) is 0 Å². The van der Waals surface area contributed by atoms with Crippen molar-refractivity contribution in [3.8, 4) is 0 Å². The SMILES string of the molecule is CCN1CCC(C(=O)N2Cc3c(NC(=O)c4cccc(F)c4)n[nH]c3C23CC3)CC1. The minimum Gasteiger partial charge on any atom is -0.327 e. The number of halogens is 1. The zero-order valence-electron chi connectivity index (χ0n) is 17.1. The molecule has 5 rings (SSSR count). The van der Waals surface area contributed by atoms with Crippen molar-refractivity contribution >= 4 is 17.6 Å². The number of rotatable bonds is 4. The van der Waals surface area contributed by atoms with Gasteiger partial charge in [0.25, 0.3) is 5.91 Å². The zero-order valence-corrected chi connectivity index (χ0v) is 17.1. The molecule has 1 aromatic heterocycles.